The van der Waals surface area contributed by atoms with Crippen LogP contribution < -0.4 is 16.3 Å². The Hall–Kier alpha value is -1.96. The van der Waals surface area contributed by atoms with Gasteiger partial charge in [0.2, 0.25) is 0 Å². The minimum atomic E-state index is -0.711. The predicted octanol–water partition coefficient (Wildman–Crippen LogP) is 0.181. The predicted molar refractivity (Wildman–Crippen MR) is 66.2 cm³/mol. The molecule has 1 aliphatic rings. The van der Waals surface area contributed by atoms with Crippen LogP contribution in [0.3, 0.4) is 0 Å². The lowest BCUT2D eigenvalue weighted by Gasteiger charge is -2.15. The molecule has 0 saturated carbocycles. The van der Waals surface area contributed by atoms with Gasteiger partial charge in [-0.2, -0.15) is 0 Å². The molecule has 3 N–H and O–H groups in total. The van der Waals surface area contributed by atoms with E-state index in [4.69, 9.17) is 17.4 Å². The largest absolute Gasteiger partial charge is 0.356 e. The van der Waals surface area contributed by atoms with Crippen molar-refractivity contribution in [1.29, 1.82) is 0 Å². The Morgan fingerprint density at radius 2 is 2.16 bits per heavy atom. The van der Waals surface area contributed by atoms with Crippen molar-refractivity contribution in [2.75, 3.05) is 11.4 Å². The number of anilines is 1. The van der Waals surface area contributed by atoms with Crippen LogP contribution >= 0.6 is 11.6 Å². The SMILES string of the molecule is NNOC(=O)CCN1C(=O)C(=O)c2c(Cl)cccc21. The lowest BCUT2D eigenvalue weighted by Crippen LogP contribution is -2.33. The quantitative estimate of drug-likeness (QED) is 0.464. The maximum absolute atomic E-state index is 11.8. The van der Waals surface area contributed by atoms with Crippen molar-refractivity contribution in [2.45, 2.75) is 6.42 Å². The highest BCUT2D eigenvalue weighted by Gasteiger charge is 2.37. The zero-order chi connectivity index (χ0) is 14.0. The second-order valence-electron chi connectivity index (χ2n) is 3.76. The Morgan fingerprint density at radius 1 is 1.42 bits per heavy atom. The summed E-state index contributed by atoms with van der Waals surface area (Å²) in [5.41, 5.74) is 2.32. The summed E-state index contributed by atoms with van der Waals surface area (Å²) < 4.78 is 0. The second kappa shape index (κ2) is 5.35. The molecule has 1 heterocycles. The summed E-state index contributed by atoms with van der Waals surface area (Å²) in [5.74, 6) is 2.79. The average Bonchev–Trinajstić information content (AvgIpc) is 2.61. The van der Waals surface area contributed by atoms with Crippen molar-refractivity contribution < 1.29 is 19.2 Å². The Morgan fingerprint density at radius 3 is 2.84 bits per heavy atom. The number of hydrogen-bond donors (Lipinski definition) is 2. The van der Waals surface area contributed by atoms with E-state index < -0.39 is 17.7 Å². The molecule has 1 aliphatic heterocycles. The molecule has 1 aromatic carbocycles. The first-order valence-corrected chi connectivity index (χ1v) is 5.74. The van der Waals surface area contributed by atoms with Gasteiger partial charge in [-0.05, 0) is 12.1 Å². The minimum Gasteiger partial charge on any atom is -0.356 e. The maximum Gasteiger partial charge on any atom is 0.328 e. The van der Waals surface area contributed by atoms with E-state index in [2.05, 4.69) is 4.84 Å². The normalized spacial score (nSPS) is 13.7. The number of carbonyl (C=O) groups is 3. The fraction of sp³-hybridized carbons (Fsp3) is 0.182. The van der Waals surface area contributed by atoms with Crippen LogP contribution in [-0.4, -0.2) is 24.2 Å². The highest BCUT2D eigenvalue weighted by molar-refractivity contribution is 6.55. The number of fused-ring (bicyclic) bond motifs is 1. The van der Waals surface area contributed by atoms with Crippen LogP contribution in [-0.2, 0) is 14.4 Å². The van der Waals surface area contributed by atoms with Crippen molar-refractivity contribution >= 4 is 34.9 Å². The summed E-state index contributed by atoms with van der Waals surface area (Å²) in [7, 11) is 0. The summed E-state index contributed by atoms with van der Waals surface area (Å²) in [6, 6.07) is 4.75. The molecule has 7 nitrogen and oxygen atoms in total. The van der Waals surface area contributed by atoms with E-state index in [1.165, 1.54) is 11.0 Å². The molecule has 100 valence electrons. The second-order valence-corrected chi connectivity index (χ2v) is 4.17. The number of hydrogen-bond acceptors (Lipinski definition) is 6. The van der Waals surface area contributed by atoms with E-state index >= 15 is 0 Å². The van der Waals surface area contributed by atoms with Gasteiger partial charge in [-0.1, -0.05) is 23.3 Å². The molecule has 0 spiro atoms. The van der Waals surface area contributed by atoms with Gasteiger partial charge in [0.15, 0.2) is 0 Å². The van der Waals surface area contributed by atoms with Gasteiger partial charge in [0.1, 0.15) is 0 Å². The summed E-state index contributed by atoms with van der Waals surface area (Å²) in [4.78, 5) is 40.2. The fourth-order valence-corrected chi connectivity index (χ4v) is 2.10. The van der Waals surface area contributed by atoms with Crippen LogP contribution in [0.2, 0.25) is 5.02 Å². The van der Waals surface area contributed by atoms with Crippen LogP contribution in [0.4, 0.5) is 5.69 Å². The van der Waals surface area contributed by atoms with Crippen LogP contribution in [0.1, 0.15) is 16.8 Å². The molecule has 19 heavy (non-hydrogen) atoms. The third kappa shape index (κ3) is 2.43. The van der Waals surface area contributed by atoms with Crippen LogP contribution in [0.25, 0.3) is 0 Å². The van der Waals surface area contributed by atoms with Crippen LogP contribution in [0.15, 0.2) is 18.2 Å². The van der Waals surface area contributed by atoms with Gasteiger partial charge in [-0.3, -0.25) is 14.4 Å². The first kappa shape index (κ1) is 13.5. The zero-order valence-corrected chi connectivity index (χ0v) is 10.4. The number of ketones is 1. The third-order valence-corrected chi connectivity index (χ3v) is 2.98. The van der Waals surface area contributed by atoms with Crippen molar-refractivity contribution in [3.8, 4) is 0 Å². The lowest BCUT2D eigenvalue weighted by molar-refractivity contribution is -0.150. The Labute approximate surface area is 113 Å². The number of nitrogens with two attached hydrogens (primary N) is 1. The van der Waals surface area contributed by atoms with Gasteiger partial charge in [0.25, 0.3) is 11.7 Å². The zero-order valence-electron chi connectivity index (χ0n) is 9.68. The molecule has 0 atom stereocenters. The molecular weight excluding hydrogens is 274 g/mol. The van der Waals surface area contributed by atoms with E-state index in [1.807, 2.05) is 0 Å². The summed E-state index contributed by atoms with van der Waals surface area (Å²) in [5, 5.41) is 0.213. The molecule has 0 saturated heterocycles. The van der Waals surface area contributed by atoms with Gasteiger partial charge in [0.05, 0.1) is 22.7 Å². The lowest BCUT2D eigenvalue weighted by atomic mass is 10.1. The number of hydrazine groups is 1. The summed E-state index contributed by atoms with van der Waals surface area (Å²) in [6.07, 6.45) is -0.102. The molecule has 0 fully saturated rings. The summed E-state index contributed by atoms with van der Waals surface area (Å²) >= 11 is 5.89. The summed E-state index contributed by atoms with van der Waals surface area (Å²) in [6.45, 7) is 0.0123. The van der Waals surface area contributed by atoms with Crippen molar-refractivity contribution in [2.24, 2.45) is 5.84 Å². The molecule has 0 bridgehead atoms. The average molecular weight is 284 g/mol. The van der Waals surface area contributed by atoms with Gasteiger partial charge < -0.3 is 9.74 Å². The topological polar surface area (TPSA) is 102 Å². The van der Waals surface area contributed by atoms with Gasteiger partial charge in [-0.25, -0.2) is 5.84 Å². The van der Waals surface area contributed by atoms with E-state index in [1.54, 1.807) is 17.7 Å². The molecule has 8 heteroatoms. The molecular formula is C11H10ClN3O4. The van der Waals surface area contributed by atoms with E-state index in [9.17, 15) is 14.4 Å². The van der Waals surface area contributed by atoms with Gasteiger partial charge in [0, 0.05) is 6.54 Å². The Balaban J connectivity index is 2.20. The highest BCUT2D eigenvalue weighted by atomic mass is 35.5. The van der Waals surface area contributed by atoms with E-state index in [0.717, 1.165) is 0 Å². The van der Waals surface area contributed by atoms with Gasteiger partial charge >= 0.3 is 5.97 Å². The molecule has 0 aromatic heterocycles. The first-order valence-electron chi connectivity index (χ1n) is 5.36. The number of nitrogens with zero attached hydrogens (tertiary/aromatic N) is 1. The van der Waals surface area contributed by atoms with Crippen molar-refractivity contribution in [3.63, 3.8) is 0 Å². The Bertz CT molecular complexity index is 561. The molecule has 2 rings (SSSR count). The molecule has 0 radical (unpaired) electrons. The number of halogens is 1. The third-order valence-electron chi connectivity index (χ3n) is 2.66. The number of rotatable bonds is 4. The van der Waals surface area contributed by atoms with E-state index in [-0.39, 0.29) is 23.6 Å². The smallest absolute Gasteiger partial charge is 0.328 e. The van der Waals surface area contributed by atoms with Gasteiger partial charge in [-0.15, -0.1) is 0 Å². The number of amides is 1. The Kier molecular flexibility index (Phi) is 3.79. The molecule has 1 aromatic rings. The molecule has 1 amide bonds. The number of nitrogens with one attached hydrogen (secondary N) is 1. The molecule has 0 aliphatic carbocycles. The monoisotopic (exact) mass is 283 g/mol. The van der Waals surface area contributed by atoms with Crippen molar-refractivity contribution in [1.82, 2.24) is 5.59 Å². The number of benzene rings is 1. The fourth-order valence-electron chi connectivity index (χ4n) is 1.84. The van der Waals surface area contributed by atoms with Crippen molar-refractivity contribution in [3.05, 3.63) is 28.8 Å². The number of carbonyl (C=O) groups excluding carboxylic acids is 3. The van der Waals surface area contributed by atoms with Crippen LogP contribution in [0, 0.1) is 0 Å². The maximum atomic E-state index is 11.8. The minimum absolute atomic E-state index is 0.0123. The highest BCUT2D eigenvalue weighted by Crippen LogP contribution is 2.33. The number of Topliss-reactive ketones (excluding diaryl/α,β-unsaturated/α-hetero) is 1. The molecule has 0 unspecified atom stereocenters. The standard InChI is InChI=1S/C11H10ClN3O4/c12-6-2-1-3-7-9(6)10(17)11(18)15(7)5-4-8(16)19-14-13/h1-3,14H,4-5,13H2. The van der Waals surface area contributed by atoms with Crippen LogP contribution in [0.5, 0.6) is 0 Å². The van der Waals surface area contributed by atoms with E-state index in [0.29, 0.717) is 5.69 Å². The first-order chi connectivity index (χ1) is 9.06.